The van der Waals surface area contributed by atoms with Crippen LogP contribution in [0.4, 0.5) is 0 Å². The minimum atomic E-state index is -1.32. The van der Waals surface area contributed by atoms with Crippen LogP contribution in [-0.2, 0) is 24.0 Å². The molecule has 3 atom stereocenters. The lowest BCUT2D eigenvalue weighted by Crippen LogP contribution is -2.54. The number of carboxylic acids is 2. The van der Waals surface area contributed by atoms with Gasteiger partial charge in [0.05, 0.1) is 19.0 Å². The molecule has 0 saturated heterocycles. The lowest BCUT2D eigenvalue weighted by molar-refractivity contribution is -0.142. The predicted octanol–water partition coefficient (Wildman–Crippen LogP) is -2.16. The molecule has 0 aromatic carbocycles. The van der Waals surface area contributed by atoms with Crippen molar-refractivity contribution in [1.82, 2.24) is 16.0 Å². The van der Waals surface area contributed by atoms with Crippen molar-refractivity contribution in [3.63, 3.8) is 0 Å². The second-order valence-corrected chi connectivity index (χ2v) is 7.49. The summed E-state index contributed by atoms with van der Waals surface area (Å²) in [4.78, 5) is 58.2. The number of carboxylic acid groups (broad SMARTS) is 2. The van der Waals surface area contributed by atoms with Crippen molar-refractivity contribution in [2.45, 2.75) is 50.2 Å². The van der Waals surface area contributed by atoms with E-state index in [9.17, 15) is 24.0 Å². The van der Waals surface area contributed by atoms with Gasteiger partial charge in [-0.1, -0.05) is 0 Å². The van der Waals surface area contributed by atoms with Gasteiger partial charge in [0.15, 0.2) is 0 Å². The fourth-order valence-corrected chi connectivity index (χ4v) is 2.82. The van der Waals surface area contributed by atoms with Crippen LogP contribution in [0.15, 0.2) is 0 Å². The van der Waals surface area contributed by atoms with Crippen LogP contribution in [0.5, 0.6) is 0 Å². The summed E-state index contributed by atoms with van der Waals surface area (Å²) >= 11 is 1.43. The van der Waals surface area contributed by atoms with Crippen LogP contribution in [0.2, 0.25) is 0 Å². The molecule has 0 aromatic rings. The predicted molar refractivity (Wildman–Crippen MR) is 111 cm³/mol. The van der Waals surface area contributed by atoms with E-state index in [1.807, 2.05) is 0 Å². The fourth-order valence-electron chi connectivity index (χ4n) is 2.35. The molecule has 172 valence electrons. The Morgan fingerprint density at radius 3 is 2.17 bits per heavy atom. The van der Waals surface area contributed by atoms with Gasteiger partial charge in [-0.15, -0.1) is 0 Å². The largest absolute Gasteiger partial charge is 0.481 e. The zero-order valence-electron chi connectivity index (χ0n) is 16.9. The summed E-state index contributed by atoms with van der Waals surface area (Å²) in [7, 11) is 0. The molecule has 3 unspecified atom stereocenters. The Hall–Kier alpha value is -2.38. The van der Waals surface area contributed by atoms with E-state index >= 15 is 0 Å². The van der Waals surface area contributed by atoms with Crippen LogP contribution in [-0.4, -0.2) is 83.1 Å². The number of unbranched alkanes of at least 4 members (excludes halogenated alkanes) is 1. The molecule has 13 heteroatoms. The van der Waals surface area contributed by atoms with Crippen LogP contribution < -0.4 is 27.4 Å². The number of hydrogen-bond acceptors (Lipinski definition) is 8. The molecule has 0 saturated carbocycles. The Labute approximate surface area is 178 Å². The fraction of sp³-hybridized carbons (Fsp3) is 0.706. The number of amides is 3. The van der Waals surface area contributed by atoms with Gasteiger partial charge in [-0.3, -0.25) is 19.2 Å². The topological polar surface area (TPSA) is 214 Å². The van der Waals surface area contributed by atoms with Gasteiger partial charge in [-0.05, 0) is 44.2 Å². The Balaban J connectivity index is 4.74. The van der Waals surface area contributed by atoms with Gasteiger partial charge in [0, 0.05) is 0 Å². The Bertz CT molecular complexity index is 605. The molecule has 0 spiro atoms. The highest BCUT2D eigenvalue weighted by atomic mass is 32.2. The van der Waals surface area contributed by atoms with E-state index < -0.39 is 60.8 Å². The number of hydrogen-bond donors (Lipinski definition) is 7. The van der Waals surface area contributed by atoms with E-state index in [1.165, 1.54) is 11.8 Å². The summed E-state index contributed by atoms with van der Waals surface area (Å²) in [6.07, 6.45) is 2.80. The monoisotopic (exact) mass is 449 g/mol. The van der Waals surface area contributed by atoms with E-state index in [1.54, 1.807) is 6.26 Å². The normalized spacial score (nSPS) is 13.6. The van der Waals surface area contributed by atoms with Crippen molar-refractivity contribution < 1.29 is 34.2 Å². The van der Waals surface area contributed by atoms with Crippen LogP contribution in [0.1, 0.15) is 32.1 Å². The first-order chi connectivity index (χ1) is 14.1. The van der Waals surface area contributed by atoms with Crippen molar-refractivity contribution in [3.8, 4) is 0 Å². The average molecular weight is 450 g/mol. The summed E-state index contributed by atoms with van der Waals surface area (Å²) in [6, 6.07) is -3.43. The number of rotatable bonds is 16. The van der Waals surface area contributed by atoms with Gasteiger partial charge in [-0.2, -0.15) is 11.8 Å². The number of nitrogens with two attached hydrogens (primary N) is 2. The summed E-state index contributed by atoms with van der Waals surface area (Å²) in [5.74, 6) is -4.08. The third-order valence-corrected chi connectivity index (χ3v) is 4.62. The molecule has 3 amide bonds. The second kappa shape index (κ2) is 15.5. The average Bonchev–Trinajstić information content (AvgIpc) is 2.67. The second-order valence-electron chi connectivity index (χ2n) is 6.51. The molecular formula is C17H31N5O7S. The van der Waals surface area contributed by atoms with E-state index in [2.05, 4.69) is 16.0 Å². The minimum absolute atomic E-state index is 0.208. The highest BCUT2D eigenvalue weighted by Crippen LogP contribution is 2.03. The van der Waals surface area contributed by atoms with Gasteiger partial charge >= 0.3 is 11.9 Å². The maximum Gasteiger partial charge on any atom is 0.326 e. The van der Waals surface area contributed by atoms with E-state index in [0.29, 0.717) is 25.1 Å². The molecule has 0 fully saturated rings. The zero-order chi connectivity index (χ0) is 23.1. The first kappa shape index (κ1) is 27.6. The molecule has 9 N–H and O–H groups in total. The van der Waals surface area contributed by atoms with Crippen molar-refractivity contribution in [3.05, 3.63) is 0 Å². The molecule has 0 heterocycles. The molecule has 12 nitrogen and oxygen atoms in total. The van der Waals surface area contributed by atoms with Crippen molar-refractivity contribution in [2.75, 3.05) is 25.1 Å². The number of aliphatic carboxylic acids is 2. The molecular weight excluding hydrogens is 418 g/mol. The smallest absolute Gasteiger partial charge is 0.326 e. The molecule has 0 aliphatic carbocycles. The minimum Gasteiger partial charge on any atom is -0.481 e. The van der Waals surface area contributed by atoms with Gasteiger partial charge in [0.1, 0.15) is 12.1 Å². The lowest BCUT2D eigenvalue weighted by atomic mass is 10.1. The van der Waals surface area contributed by atoms with Crippen molar-refractivity contribution in [1.29, 1.82) is 0 Å². The maximum absolute atomic E-state index is 12.4. The summed E-state index contributed by atoms with van der Waals surface area (Å²) in [5, 5.41) is 24.9. The Morgan fingerprint density at radius 2 is 1.63 bits per heavy atom. The van der Waals surface area contributed by atoms with E-state index in [0.717, 1.165) is 0 Å². The molecule has 0 bridgehead atoms. The van der Waals surface area contributed by atoms with E-state index in [-0.39, 0.29) is 12.8 Å². The third kappa shape index (κ3) is 12.2. The SMILES string of the molecule is CSCCC(NC(=O)C(N)CC(=O)O)C(=O)NCC(=O)NC(CCCCN)C(=O)O. The van der Waals surface area contributed by atoms with Crippen LogP contribution in [0, 0.1) is 0 Å². The number of thioether (sulfide) groups is 1. The zero-order valence-corrected chi connectivity index (χ0v) is 17.7. The van der Waals surface area contributed by atoms with Gasteiger partial charge in [0.25, 0.3) is 0 Å². The van der Waals surface area contributed by atoms with Crippen LogP contribution >= 0.6 is 11.8 Å². The number of nitrogens with one attached hydrogen (secondary N) is 3. The van der Waals surface area contributed by atoms with Gasteiger partial charge in [-0.25, -0.2) is 4.79 Å². The molecule has 0 aliphatic rings. The number of carbonyl (C=O) groups is 5. The first-order valence-corrected chi connectivity index (χ1v) is 10.8. The van der Waals surface area contributed by atoms with Gasteiger partial charge in [0.2, 0.25) is 17.7 Å². The van der Waals surface area contributed by atoms with Crippen molar-refractivity contribution >= 4 is 41.4 Å². The summed E-state index contributed by atoms with van der Waals surface area (Å²) in [5.41, 5.74) is 10.9. The van der Waals surface area contributed by atoms with E-state index in [4.69, 9.17) is 21.7 Å². The third-order valence-electron chi connectivity index (χ3n) is 3.98. The molecule has 30 heavy (non-hydrogen) atoms. The maximum atomic E-state index is 12.4. The molecule has 0 radical (unpaired) electrons. The molecule has 0 aromatic heterocycles. The quantitative estimate of drug-likeness (QED) is 0.127. The molecule has 0 rings (SSSR count). The lowest BCUT2D eigenvalue weighted by Gasteiger charge is -2.20. The van der Waals surface area contributed by atoms with Crippen molar-refractivity contribution in [2.24, 2.45) is 11.5 Å². The highest BCUT2D eigenvalue weighted by Gasteiger charge is 2.25. The van der Waals surface area contributed by atoms with Crippen LogP contribution in [0.3, 0.4) is 0 Å². The Morgan fingerprint density at radius 1 is 0.967 bits per heavy atom. The first-order valence-electron chi connectivity index (χ1n) is 9.39. The molecule has 0 aliphatic heterocycles. The Kier molecular flexibility index (Phi) is 14.2. The van der Waals surface area contributed by atoms with Crippen LogP contribution in [0.25, 0.3) is 0 Å². The standard InChI is InChI=1S/C17H31N5O7S/c1-30-7-5-11(22-15(26)10(19)8-14(24)25)16(27)20-9-13(23)21-12(17(28)29)4-2-3-6-18/h10-12H,2-9,18-19H2,1H3,(H,20,27)(H,21,23)(H,22,26)(H,24,25)(H,28,29). The highest BCUT2D eigenvalue weighted by molar-refractivity contribution is 7.98. The summed E-state index contributed by atoms with van der Waals surface area (Å²) in [6.45, 7) is -0.0675. The summed E-state index contributed by atoms with van der Waals surface area (Å²) < 4.78 is 0. The van der Waals surface area contributed by atoms with Gasteiger partial charge < -0.3 is 37.6 Å². The number of carbonyl (C=O) groups excluding carboxylic acids is 3.